The number of nitrogens with zero attached hydrogens (tertiary/aromatic N) is 1. The molecule has 158 valence electrons. The van der Waals surface area contributed by atoms with Gasteiger partial charge in [-0.1, -0.05) is 37.5 Å². The van der Waals surface area contributed by atoms with E-state index in [1.54, 1.807) is 18.2 Å². The van der Waals surface area contributed by atoms with Gasteiger partial charge < -0.3 is 10.1 Å². The van der Waals surface area contributed by atoms with Gasteiger partial charge in [0.2, 0.25) is 5.91 Å². The quantitative estimate of drug-likeness (QED) is 0.513. The second kappa shape index (κ2) is 10.6. The first-order chi connectivity index (χ1) is 13.8. The molecule has 0 bridgehead atoms. The second-order valence-corrected chi connectivity index (χ2v) is 9.42. The van der Waals surface area contributed by atoms with Crippen LogP contribution in [-0.2, 0) is 14.8 Å². The van der Waals surface area contributed by atoms with E-state index in [9.17, 15) is 13.2 Å². The van der Waals surface area contributed by atoms with Crippen molar-refractivity contribution in [3.63, 3.8) is 0 Å². The van der Waals surface area contributed by atoms with Crippen LogP contribution in [0.25, 0.3) is 0 Å². The lowest BCUT2D eigenvalue weighted by Gasteiger charge is -2.24. The number of benzene rings is 2. The minimum atomic E-state index is -3.96. The van der Waals surface area contributed by atoms with Crippen LogP contribution >= 0.6 is 15.9 Å². The van der Waals surface area contributed by atoms with E-state index in [1.165, 1.54) is 19.2 Å². The number of ether oxygens (including phenoxy) is 1. The van der Waals surface area contributed by atoms with Crippen molar-refractivity contribution in [1.82, 2.24) is 5.32 Å². The Morgan fingerprint density at radius 1 is 1.14 bits per heavy atom. The highest BCUT2D eigenvalue weighted by atomic mass is 79.9. The van der Waals surface area contributed by atoms with E-state index >= 15 is 0 Å². The van der Waals surface area contributed by atoms with Crippen molar-refractivity contribution in [3.05, 3.63) is 52.5 Å². The lowest BCUT2D eigenvalue weighted by molar-refractivity contribution is -0.119. The summed E-state index contributed by atoms with van der Waals surface area (Å²) in [6, 6.07) is 11.6. The first kappa shape index (κ1) is 23.2. The molecule has 0 saturated heterocycles. The molecule has 0 aliphatic rings. The molecule has 1 amide bonds. The van der Waals surface area contributed by atoms with Gasteiger partial charge in [-0.15, -0.1) is 0 Å². The number of nitrogens with one attached hydrogen (secondary N) is 1. The molecule has 6 nitrogen and oxygen atoms in total. The second-order valence-electron chi connectivity index (χ2n) is 6.70. The number of sulfonamides is 1. The molecule has 0 atom stereocenters. The Bertz CT molecular complexity index is 930. The maximum atomic E-state index is 13.4. The Hall–Kier alpha value is -2.06. The van der Waals surface area contributed by atoms with Crippen LogP contribution in [0.1, 0.15) is 31.7 Å². The number of aryl methyl sites for hydroxylation is 1. The molecule has 8 heteroatoms. The van der Waals surface area contributed by atoms with Crippen LogP contribution in [0.3, 0.4) is 0 Å². The van der Waals surface area contributed by atoms with Gasteiger partial charge in [-0.3, -0.25) is 9.10 Å². The van der Waals surface area contributed by atoms with Crippen molar-refractivity contribution in [1.29, 1.82) is 0 Å². The third-order valence-electron chi connectivity index (χ3n) is 4.42. The number of amides is 1. The van der Waals surface area contributed by atoms with Crippen LogP contribution in [0.15, 0.2) is 51.8 Å². The lowest BCUT2D eigenvalue weighted by Crippen LogP contribution is -2.41. The molecule has 0 spiro atoms. The first-order valence-corrected chi connectivity index (χ1v) is 11.7. The summed E-state index contributed by atoms with van der Waals surface area (Å²) in [7, 11) is -2.45. The Morgan fingerprint density at radius 2 is 1.83 bits per heavy atom. The SMILES string of the molecule is CCCCCNC(=O)CN(c1ccc(C)cc1)S(=O)(=O)c1ccc(OC)c(Br)c1. The fourth-order valence-electron chi connectivity index (χ4n) is 2.75. The fraction of sp³-hybridized carbons (Fsp3) is 0.381. The highest BCUT2D eigenvalue weighted by Gasteiger charge is 2.27. The van der Waals surface area contributed by atoms with Gasteiger partial charge in [0.25, 0.3) is 10.0 Å². The molecular formula is C21H27BrN2O4S. The van der Waals surface area contributed by atoms with Crippen molar-refractivity contribution < 1.29 is 17.9 Å². The van der Waals surface area contributed by atoms with Gasteiger partial charge in [0.1, 0.15) is 12.3 Å². The van der Waals surface area contributed by atoms with Gasteiger partial charge in [-0.2, -0.15) is 0 Å². The third-order valence-corrected chi connectivity index (χ3v) is 6.81. The monoisotopic (exact) mass is 482 g/mol. The predicted molar refractivity (Wildman–Crippen MR) is 119 cm³/mol. The summed E-state index contributed by atoms with van der Waals surface area (Å²) in [5.74, 6) is 0.192. The molecule has 0 fully saturated rings. The Balaban J connectivity index is 2.34. The topological polar surface area (TPSA) is 75.7 Å². The minimum Gasteiger partial charge on any atom is -0.496 e. The Morgan fingerprint density at radius 3 is 2.41 bits per heavy atom. The van der Waals surface area contributed by atoms with Crippen molar-refractivity contribution >= 4 is 37.5 Å². The zero-order chi connectivity index (χ0) is 21.4. The Labute approximate surface area is 181 Å². The molecule has 0 radical (unpaired) electrons. The summed E-state index contributed by atoms with van der Waals surface area (Å²) in [5.41, 5.74) is 1.44. The van der Waals surface area contributed by atoms with Gasteiger partial charge in [0, 0.05) is 6.54 Å². The number of unbranched alkanes of at least 4 members (excludes halogenated alkanes) is 2. The minimum absolute atomic E-state index is 0.0736. The summed E-state index contributed by atoms with van der Waals surface area (Å²) in [6.07, 6.45) is 2.93. The van der Waals surface area contributed by atoms with E-state index in [4.69, 9.17) is 4.74 Å². The summed E-state index contributed by atoms with van der Waals surface area (Å²) < 4.78 is 33.6. The van der Waals surface area contributed by atoms with Crippen LogP contribution in [0.4, 0.5) is 5.69 Å². The average Bonchev–Trinajstić information content (AvgIpc) is 2.70. The van der Waals surface area contributed by atoms with Gasteiger partial charge in [0.15, 0.2) is 0 Å². The lowest BCUT2D eigenvalue weighted by atomic mass is 10.2. The number of halogens is 1. The van der Waals surface area contributed by atoms with Crippen molar-refractivity contribution in [2.24, 2.45) is 0 Å². The molecule has 0 aliphatic heterocycles. The van der Waals surface area contributed by atoms with E-state index in [2.05, 4.69) is 28.2 Å². The fourth-order valence-corrected chi connectivity index (χ4v) is 4.89. The molecule has 0 aromatic heterocycles. The molecule has 29 heavy (non-hydrogen) atoms. The van der Waals surface area contributed by atoms with Crippen LogP contribution in [0, 0.1) is 6.92 Å². The average molecular weight is 483 g/mol. The molecule has 0 aliphatic carbocycles. The number of hydrogen-bond donors (Lipinski definition) is 1. The highest BCUT2D eigenvalue weighted by Crippen LogP contribution is 2.30. The molecule has 2 rings (SSSR count). The summed E-state index contributed by atoms with van der Waals surface area (Å²) in [4.78, 5) is 12.5. The molecular weight excluding hydrogens is 456 g/mol. The van der Waals surface area contributed by atoms with Gasteiger partial charge in [-0.25, -0.2) is 8.42 Å². The highest BCUT2D eigenvalue weighted by molar-refractivity contribution is 9.10. The van der Waals surface area contributed by atoms with E-state index in [-0.39, 0.29) is 17.3 Å². The van der Waals surface area contributed by atoms with E-state index in [0.29, 0.717) is 22.5 Å². The first-order valence-electron chi connectivity index (χ1n) is 9.49. The molecule has 2 aromatic carbocycles. The third kappa shape index (κ3) is 6.21. The van der Waals surface area contributed by atoms with Crippen molar-refractivity contribution in [2.75, 3.05) is 24.5 Å². The molecule has 0 saturated carbocycles. The van der Waals surface area contributed by atoms with Crippen molar-refractivity contribution in [3.8, 4) is 5.75 Å². The number of anilines is 1. The normalized spacial score (nSPS) is 11.2. The van der Waals surface area contributed by atoms with E-state index < -0.39 is 10.0 Å². The van der Waals surface area contributed by atoms with Crippen molar-refractivity contribution in [2.45, 2.75) is 38.0 Å². The number of carbonyl (C=O) groups is 1. The Kier molecular flexibility index (Phi) is 8.52. The largest absolute Gasteiger partial charge is 0.496 e. The van der Waals surface area contributed by atoms with Gasteiger partial charge >= 0.3 is 0 Å². The number of hydrogen-bond acceptors (Lipinski definition) is 4. The molecule has 0 heterocycles. The molecule has 0 unspecified atom stereocenters. The number of methoxy groups -OCH3 is 1. The summed E-state index contributed by atoms with van der Waals surface area (Å²) in [5, 5.41) is 2.81. The summed E-state index contributed by atoms with van der Waals surface area (Å²) in [6.45, 7) is 4.24. The molecule has 1 N–H and O–H groups in total. The zero-order valence-corrected chi connectivity index (χ0v) is 19.3. The van der Waals surface area contributed by atoms with Crippen LogP contribution in [0.2, 0.25) is 0 Å². The predicted octanol–water partition coefficient (Wildman–Crippen LogP) is 4.27. The van der Waals surface area contributed by atoms with Crippen LogP contribution < -0.4 is 14.4 Å². The smallest absolute Gasteiger partial charge is 0.264 e. The van der Waals surface area contributed by atoms with Crippen LogP contribution in [-0.4, -0.2) is 34.5 Å². The summed E-state index contributed by atoms with van der Waals surface area (Å²) >= 11 is 3.33. The standard InChI is InChI=1S/C21H27BrN2O4S/c1-4-5-6-13-23-21(25)15-24(17-9-7-16(2)8-10-17)29(26,27)18-11-12-20(28-3)19(22)14-18/h7-12,14H,4-6,13,15H2,1-3H3,(H,23,25). The zero-order valence-electron chi connectivity index (χ0n) is 16.9. The van der Waals surface area contributed by atoms with Crippen LogP contribution in [0.5, 0.6) is 5.75 Å². The maximum absolute atomic E-state index is 13.4. The van der Waals surface area contributed by atoms with E-state index in [1.807, 2.05) is 19.1 Å². The van der Waals surface area contributed by atoms with E-state index in [0.717, 1.165) is 29.1 Å². The number of carbonyl (C=O) groups excluding carboxylic acids is 1. The number of rotatable bonds is 10. The van der Waals surface area contributed by atoms with Gasteiger partial charge in [0.05, 0.1) is 22.2 Å². The van der Waals surface area contributed by atoms with Gasteiger partial charge in [-0.05, 0) is 59.6 Å². The molecule has 2 aromatic rings. The maximum Gasteiger partial charge on any atom is 0.264 e.